The Kier molecular flexibility index (Phi) is 28.2. The lowest BCUT2D eigenvalue weighted by Gasteiger charge is -2.07. The van der Waals surface area contributed by atoms with Gasteiger partial charge in [0.2, 0.25) is 0 Å². The summed E-state index contributed by atoms with van der Waals surface area (Å²) in [6.45, 7) is 3.19. The van der Waals surface area contributed by atoms with Gasteiger partial charge in [-0.25, -0.2) is 0 Å². The maximum atomic E-state index is 11.8. The summed E-state index contributed by atoms with van der Waals surface area (Å²) in [7, 11) is 0. The molecule has 35 heavy (non-hydrogen) atoms. The number of rotatable bonds is 28. The third-order valence-corrected chi connectivity index (χ3v) is 6.59. The molecule has 0 aliphatic carbocycles. The smallest absolute Gasteiger partial charge is 0.305 e. The van der Waals surface area contributed by atoms with Crippen molar-refractivity contribution < 1.29 is 24.2 Å². The maximum Gasteiger partial charge on any atom is 0.305 e. The molecule has 0 aromatic heterocycles. The minimum atomic E-state index is -0.163. The summed E-state index contributed by atoms with van der Waals surface area (Å²) in [5.41, 5.74) is 0. The normalized spacial score (nSPS) is 11.0. The number of unbranched alkanes of at least 4 members (excludes halogenated alkanes) is 19. The van der Waals surface area contributed by atoms with Gasteiger partial charge in [0, 0.05) is 25.9 Å². The molecule has 208 valence electrons. The highest BCUT2D eigenvalue weighted by Gasteiger charge is 2.05. The number of ether oxygens (including phenoxy) is 2. The summed E-state index contributed by atoms with van der Waals surface area (Å²) < 4.78 is 10.4. The Morgan fingerprint density at radius 2 is 0.771 bits per heavy atom. The van der Waals surface area contributed by atoms with Gasteiger partial charge in [0.05, 0.1) is 13.2 Å². The van der Waals surface area contributed by atoms with Crippen molar-refractivity contribution in [2.24, 2.45) is 0 Å². The molecule has 1 N–H and O–H groups in total. The molecule has 5 heteroatoms. The van der Waals surface area contributed by atoms with Gasteiger partial charge in [0.1, 0.15) is 0 Å². The first-order valence-electron chi connectivity index (χ1n) is 15.1. The van der Waals surface area contributed by atoms with E-state index in [0.29, 0.717) is 32.5 Å². The van der Waals surface area contributed by atoms with Crippen molar-refractivity contribution >= 4 is 11.9 Å². The number of hydrogen-bond donors (Lipinski definition) is 1. The molecule has 0 aliphatic rings. The van der Waals surface area contributed by atoms with E-state index >= 15 is 0 Å². The Morgan fingerprint density at radius 3 is 1.11 bits per heavy atom. The fourth-order valence-corrected chi connectivity index (χ4v) is 4.30. The molecule has 0 rings (SSSR count). The highest BCUT2D eigenvalue weighted by atomic mass is 16.5. The fourth-order valence-electron chi connectivity index (χ4n) is 4.30. The van der Waals surface area contributed by atoms with E-state index < -0.39 is 0 Å². The minimum absolute atomic E-state index is 0.132. The van der Waals surface area contributed by atoms with Crippen LogP contribution < -0.4 is 0 Å². The number of aliphatic hydroxyl groups is 1. The summed E-state index contributed by atoms with van der Waals surface area (Å²) in [6.07, 6.45) is 27.3. The molecule has 0 aliphatic heterocycles. The molecule has 0 unspecified atom stereocenters. The molecule has 5 nitrogen and oxygen atoms in total. The summed E-state index contributed by atoms with van der Waals surface area (Å²) in [5, 5.41) is 8.73. The van der Waals surface area contributed by atoms with Gasteiger partial charge in [-0.3, -0.25) is 9.59 Å². The van der Waals surface area contributed by atoms with Crippen LogP contribution in [0.3, 0.4) is 0 Å². The number of hydrogen-bond acceptors (Lipinski definition) is 5. The number of carbonyl (C=O) groups is 2. The fraction of sp³-hybridized carbons (Fsp3) is 0.933. The molecule has 0 heterocycles. The highest BCUT2D eigenvalue weighted by molar-refractivity contribution is 5.69. The molecule has 0 radical (unpaired) electrons. The summed E-state index contributed by atoms with van der Waals surface area (Å²) in [5.74, 6) is -0.295. The van der Waals surface area contributed by atoms with Crippen molar-refractivity contribution in [3.63, 3.8) is 0 Å². The van der Waals surface area contributed by atoms with Crippen LogP contribution in [0.1, 0.15) is 161 Å². The number of esters is 2. The van der Waals surface area contributed by atoms with E-state index in [2.05, 4.69) is 6.92 Å². The van der Waals surface area contributed by atoms with Gasteiger partial charge in [0.15, 0.2) is 0 Å². The van der Waals surface area contributed by atoms with Crippen LogP contribution >= 0.6 is 0 Å². The van der Waals surface area contributed by atoms with E-state index in [0.717, 1.165) is 51.4 Å². The number of carbonyl (C=O) groups excluding carboxylic acids is 2. The second-order valence-corrected chi connectivity index (χ2v) is 10.1. The first kappa shape index (κ1) is 33.9. The second kappa shape index (κ2) is 29.1. The molecular formula is C30H58O5. The minimum Gasteiger partial charge on any atom is -0.466 e. The van der Waals surface area contributed by atoms with Crippen LogP contribution in [0.15, 0.2) is 0 Å². The number of aliphatic hydroxyl groups excluding tert-OH is 1. The molecule has 0 aromatic carbocycles. The third-order valence-electron chi connectivity index (χ3n) is 6.59. The Bertz CT molecular complexity index is 452. The molecule has 0 atom stereocenters. The van der Waals surface area contributed by atoms with Gasteiger partial charge < -0.3 is 14.6 Å². The van der Waals surface area contributed by atoms with E-state index in [1.807, 2.05) is 0 Å². The van der Waals surface area contributed by atoms with E-state index in [9.17, 15) is 9.59 Å². The topological polar surface area (TPSA) is 72.8 Å². The van der Waals surface area contributed by atoms with Gasteiger partial charge in [-0.1, -0.05) is 122 Å². The van der Waals surface area contributed by atoms with Gasteiger partial charge in [-0.2, -0.15) is 0 Å². The lowest BCUT2D eigenvalue weighted by atomic mass is 10.0. The largest absolute Gasteiger partial charge is 0.466 e. The van der Waals surface area contributed by atoms with Gasteiger partial charge >= 0.3 is 11.9 Å². The van der Waals surface area contributed by atoms with Crippen LogP contribution in [0, 0.1) is 0 Å². The Hall–Kier alpha value is -1.10. The van der Waals surface area contributed by atoms with Crippen LogP contribution in [-0.4, -0.2) is 36.9 Å². The quantitative estimate of drug-likeness (QED) is 0.0865. The van der Waals surface area contributed by atoms with E-state index in [-0.39, 0.29) is 18.5 Å². The van der Waals surface area contributed by atoms with Crippen LogP contribution in [0.25, 0.3) is 0 Å². The van der Waals surface area contributed by atoms with Crippen molar-refractivity contribution in [3.05, 3.63) is 0 Å². The standard InChI is InChI=1S/C30H58O5/c1-2-3-4-5-6-7-8-9-10-11-12-13-14-17-20-24-29(32)34-27-23-28-35-30(33)25-21-18-15-16-19-22-26-31/h31H,2-28H2,1H3. The molecule has 0 aromatic rings. The molecule has 0 saturated heterocycles. The average Bonchev–Trinajstić information content (AvgIpc) is 2.85. The van der Waals surface area contributed by atoms with Crippen molar-refractivity contribution in [2.45, 2.75) is 161 Å². The Labute approximate surface area is 217 Å². The predicted octanol–water partition coefficient (Wildman–Crippen LogP) is 8.45. The SMILES string of the molecule is CCCCCCCCCCCCCCCCCC(=O)OCCCOC(=O)CCCCCCCCO. The lowest BCUT2D eigenvalue weighted by Crippen LogP contribution is -2.10. The molecule has 0 bridgehead atoms. The lowest BCUT2D eigenvalue weighted by molar-refractivity contribution is -0.146. The molecular weight excluding hydrogens is 440 g/mol. The van der Waals surface area contributed by atoms with Gasteiger partial charge in [-0.05, 0) is 19.3 Å². The van der Waals surface area contributed by atoms with Crippen molar-refractivity contribution in [1.82, 2.24) is 0 Å². The summed E-state index contributed by atoms with van der Waals surface area (Å²) in [6, 6.07) is 0. The van der Waals surface area contributed by atoms with Crippen molar-refractivity contribution in [2.75, 3.05) is 19.8 Å². The Balaban J connectivity index is 3.25. The molecule has 0 amide bonds. The van der Waals surface area contributed by atoms with Crippen LogP contribution in [0.5, 0.6) is 0 Å². The van der Waals surface area contributed by atoms with E-state index in [1.165, 1.54) is 83.5 Å². The average molecular weight is 499 g/mol. The zero-order valence-electron chi connectivity index (χ0n) is 23.2. The van der Waals surface area contributed by atoms with Crippen LogP contribution in [-0.2, 0) is 19.1 Å². The van der Waals surface area contributed by atoms with Crippen molar-refractivity contribution in [1.29, 1.82) is 0 Å². The predicted molar refractivity (Wildman–Crippen MR) is 145 cm³/mol. The highest BCUT2D eigenvalue weighted by Crippen LogP contribution is 2.14. The second-order valence-electron chi connectivity index (χ2n) is 10.1. The van der Waals surface area contributed by atoms with Crippen LogP contribution in [0.4, 0.5) is 0 Å². The zero-order valence-corrected chi connectivity index (χ0v) is 23.2. The van der Waals surface area contributed by atoms with Gasteiger partial charge in [0.25, 0.3) is 0 Å². The maximum absolute atomic E-state index is 11.8. The monoisotopic (exact) mass is 498 g/mol. The summed E-state index contributed by atoms with van der Waals surface area (Å²) in [4.78, 5) is 23.5. The first-order chi connectivity index (χ1) is 17.2. The first-order valence-corrected chi connectivity index (χ1v) is 15.1. The van der Waals surface area contributed by atoms with Crippen LogP contribution in [0.2, 0.25) is 0 Å². The van der Waals surface area contributed by atoms with E-state index in [4.69, 9.17) is 14.6 Å². The van der Waals surface area contributed by atoms with Crippen molar-refractivity contribution in [3.8, 4) is 0 Å². The van der Waals surface area contributed by atoms with Gasteiger partial charge in [-0.15, -0.1) is 0 Å². The molecule has 0 saturated carbocycles. The molecule has 0 fully saturated rings. The molecule has 0 spiro atoms. The summed E-state index contributed by atoms with van der Waals surface area (Å²) >= 11 is 0. The Morgan fingerprint density at radius 1 is 0.457 bits per heavy atom. The zero-order chi connectivity index (χ0) is 25.7. The van der Waals surface area contributed by atoms with E-state index in [1.54, 1.807) is 0 Å². The third kappa shape index (κ3) is 29.0.